The summed E-state index contributed by atoms with van der Waals surface area (Å²) in [5, 5.41) is 21.0. The second-order valence-corrected chi connectivity index (χ2v) is 9.12. The Hall–Kier alpha value is -3.35. The van der Waals surface area contributed by atoms with Gasteiger partial charge in [0.25, 0.3) is 0 Å². The van der Waals surface area contributed by atoms with E-state index in [1.165, 1.54) is 24.6 Å². The number of rotatable bonds is 5. The van der Waals surface area contributed by atoms with E-state index in [0.29, 0.717) is 33.0 Å². The highest BCUT2D eigenvalue weighted by Gasteiger charge is 2.19. The average Bonchev–Trinajstić information content (AvgIpc) is 3.24. The minimum Gasteiger partial charge on any atom is -0.496 e. The molecule has 0 bridgehead atoms. The van der Waals surface area contributed by atoms with E-state index >= 15 is 0 Å². The normalized spacial score (nSPS) is 11.3. The van der Waals surface area contributed by atoms with Gasteiger partial charge < -0.3 is 4.74 Å². The molecule has 7 nitrogen and oxygen atoms in total. The fourth-order valence-electron chi connectivity index (χ4n) is 2.98. The Morgan fingerprint density at radius 2 is 2.07 bits per heavy atom. The van der Waals surface area contributed by atoms with Gasteiger partial charge in [-0.15, -0.1) is 16.4 Å². The van der Waals surface area contributed by atoms with Gasteiger partial charge in [0.1, 0.15) is 22.2 Å². The summed E-state index contributed by atoms with van der Waals surface area (Å²) in [6.07, 6.45) is 3.11. The molecule has 0 atom stereocenters. The molecule has 4 aromatic rings. The number of hydrogen-bond donors (Lipinski definition) is 0. The minimum atomic E-state index is -3.54. The lowest BCUT2D eigenvalue weighted by molar-refractivity contribution is 0.416. The van der Waals surface area contributed by atoms with Crippen molar-refractivity contribution < 1.29 is 13.2 Å². The van der Waals surface area contributed by atoms with Crippen LogP contribution < -0.4 is 4.74 Å². The second-order valence-electron chi connectivity index (χ2n) is 6.15. The molecule has 0 saturated carbocycles. The molecule has 0 spiro atoms. The summed E-state index contributed by atoms with van der Waals surface area (Å²) in [7, 11) is -2.02. The van der Waals surface area contributed by atoms with Gasteiger partial charge in [-0.2, -0.15) is 10.4 Å². The van der Waals surface area contributed by atoms with Crippen LogP contribution in [-0.4, -0.2) is 30.7 Å². The summed E-state index contributed by atoms with van der Waals surface area (Å²) < 4.78 is 30.9. The van der Waals surface area contributed by atoms with Gasteiger partial charge in [0, 0.05) is 27.9 Å². The molecule has 144 valence electrons. The number of hydrogen-bond acceptors (Lipinski definition) is 8. The number of nitriles is 1. The number of nitrogens with zero attached hydrogens (tertiary/aromatic N) is 4. The first-order valence-electron chi connectivity index (χ1n) is 8.47. The van der Waals surface area contributed by atoms with Gasteiger partial charge in [0.15, 0.2) is 9.84 Å². The Kier molecular flexibility index (Phi) is 4.96. The molecule has 0 aliphatic carbocycles. The lowest BCUT2D eigenvalue weighted by atomic mass is 10.0. The number of thiazole rings is 1. The van der Waals surface area contributed by atoms with Crippen molar-refractivity contribution in [2.75, 3.05) is 7.11 Å². The molecule has 0 fully saturated rings. The Morgan fingerprint density at radius 1 is 1.21 bits per heavy atom. The fourth-order valence-corrected chi connectivity index (χ4v) is 5.27. The van der Waals surface area contributed by atoms with Crippen LogP contribution in [-0.2, 0) is 15.6 Å². The SMILES string of the molecule is COc1cc(C#N)ccc1-c1nncc2cc(S(=O)(=O)Cc3nccs3)ccc12. The van der Waals surface area contributed by atoms with E-state index < -0.39 is 9.84 Å². The highest BCUT2D eigenvalue weighted by Crippen LogP contribution is 2.34. The first kappa shape index (κ1) is 19.0. The molecule has 0 unspecified atom stereocenters. The standard InChI is InChI=1S/C20H14N4O3S2/c1-27-18-8-13(10-21)2-4-17(18)20-16-5-3-15(9-14(16)11-23-24-20)29(25,26)12-19-22-6-7-28-19/h2-9,11H,12H2,1H3. The number of aromatic nitrogens is 3. The van der Waals surface area contributed by atoms with Crippen molar-refractivity contribution >= 4 is 31.9 Å². The molecule has 2 aromatic heterocycles. The quantitative estimate of drug-likeness (QED) is 0.484. The average molecular weight is 422 g/mol. The van der Waals surface area contributed by atoms with Crippen LogP contribution in [0.2, 0.25) is 0 Å². The first-order chi connectivity index (χ1) is 14.0. The van der Waals surface area contributed by atoms with Crippen molar-refractivity contribution in [1.29, 1.82) is 5.26 Å². The van der Waals surface area contributed by atoms with Crippen molar-refractivity contribution in [2.24, 2.45) is 0 Å². The van der Waals surface area contributed by atoms with Crippen molar-refractivity contribution in [3.8, 4) is 23.1 Å². The fraction of sp³-hybridized carbons (Fsp3) is 0.100. The van der Waals surface area contributed by atoms with Crippen LogP contribution in [0.25, 0.3) is 22.0 Å². The summed E-state index contributed by atoms with van der Waals surface area (Å²) in [5.74, 6) is 0.344. The predicted molar refractivity (Wildman–Crippen MR) is 109 cm³/mol. The van der Waals surface area contributed by atoms with Crippen LogP contribution >= 0.6 is 11.3 Å². The van der Waals surface area contributed by atoms with E-state index in [1.807, 2.05) is 0 Å². The molecular weight excluding hydrogens is 408 g/mol. The smallest absolute Gasteiger partial charge is 0.184 e. The number of benzene rings is 2. The molecule has 4 rings (SSSR count). The summed E-state index contributed by atoms with van der Waals surface area (Å²) in [4.78, 5) is 4.26. The van der Waals surface area contributed by atoms with Gasteiger partial charge in [-0.25, -0.2) is 13.4 Å². The van der Waals surface area contributed by atoms with Gasteiger partial charge in [0.05, 0.1) is 29.8 Å². The summed E-state index contributed by atoms with van der Waals surface area (Å²) in [6, 6.07) is 12.0. The first-order valence-corrected chi connectivity index (χ1v) is 11.0. The Labute approximate surface area is 171 Å². The van der Waals surface area contributed by atoms with E-state index in [4.69, 9.17) is 10.00 Å². The maximum absolute atomic E-state index is 12.7. The lowest BCUT2D eigenvalue weighted by Crippen LogP contribution is -2.05. The van der Waals surface area contributed by atoms with Crippen LogP contribution in [0, 0.1) is 11.3 Å². The van der Waals surface area contributed by atoms with Crippen molar-refractivity contribution in [1.82, 2.24) is 15.2 Å². The second kappa shape index (κ2) is 7.58. The number of methoxy groups -OCH3 is 1. The van der Waals surface area contributed by atoms with E-state index in [-0.39, 0.29) is 10.6 Å². The Morgan fingerprint density at radius 3 is 2.79 bits per heavy atom. The Bertz CT molecular complexity index is 1340. The highest BCUT2D eigenvalue weighted by molar-refractivity contribution is 7.90. The zero-order valence-corrected chi connectivity index (χ0v) is 16.9. The van der Waals surface area contributed by atoms with Crippen LogP contribution in [0.1, 0.15) is 10.6 Å². The molecule has 0 N–H and O–H groups in total. The van der Waals surface area contributed by atoms with Gasteiger partial charge in [-0.3, -0.25) is 0 Å². The number of fused-ring (bicyclic) bond motifs is 1. The predicted octanol–water partition coefficient (Wildman–Crippen LogP) is 3.61. The van der Waals surface area contributed by atoms with Gasteiger partial charge in [-0.1, -0.05) is 6.07 Å². The zero-order valence-electron chi connectivity index (χ0n) is 15.2. The van der Waals surface area contributed by atoms with Crippen LogP contribution in [0.4, 0.5) is 0 Å². The van der Waals surface area contributed by atoms with Crippen molar-refractivity contribution in [3.05, 3.63) is 64.7 Å². The highest BCUT2D eigenvalue weighted by atomic mass is 32.2. The maximum atomic E-state index is 12.7. The van der Waals surface area contributed by atoms with E-state index in [9.17, 15) is 8.42 Å². The molecule has 29 heavy (non-hydrogen) atoms. The maximum Gasteiger partial charge on any atom is 0.184 e. The number of ether oxygens (including phenoxy) is 1. The topological polar surface area (TPSA) is 106 Å². The Balaban J connectivity index is 1.81. The van der Waals surface area contributed by atoms with Gasteiger partial charge in [-0.05, 0) is 30.3 Å². The molecular formula is C20H14N4O3S2. The number of sulfone groups is 1. The van der Waals surface area contributed by atoms with E-state index in [2.05, 4.69) is 21.3 Å². The molecule has 2 aromatic carbocycles. The third-order valence-electron chi connectivity index (χ3n) is 4.37. The van der Waals surface area contributed by atoms with Crippen LogP contribution in [0.3, 0.4) is 0 Å². The monoisotopic (exact) mass is 422 g/mol. The van der Waals surface area contributed by atoms with Crippen LogP contribution in [0.5, 0.6) is 5.75 Å². The molecule has 0 saturated heterocycles. The lowest BCUT2D eigenvalue weighted by Gasteiger charge is -2.11. The summed E-state index contributed by atoms with van der Waals surface area (Å²) in [5.41, 5.74) is 1.69. The molecule has 9 heteroatoms. The zero-order chi connectivity index (χ0) is 20.4. The molecule has 0 aliphatic heterocycles. The molecule has 0 radical (unpaired) electrons. The van der Waals surface area contributed by atoms with Crippen molar-refractivity contribution in [2.45, 2.75) is 10.6 Å². The van der Waals surface area contributed by atoms with Crippen LogP contribution in [0.15, 0.2) is 59.1 Å². The molecule has 2 heterocycles. The third kappa shape index (κ3) is 3.68. The van der Waals surface area contributed by atoms with E-state index in [1.54, 1.807) is 48.0 Å². The summed E-state index contributed by atoms with van der Waals surface area (Å²) >= 11 is 1.31. The van der Waals surface area contributed by atoms with Gasteiger partial charge in [0.2, 0.25) is 0 Å². The van der Waals surface area contributed by atoms with E-state index in [0.717, 1.165) is 5.39 Å². The third-order valence-corrected chi connectivity index (χ3v) is 6.96. The van der Waals surface area contributed by atoms with Gasteiger partial charge >= 0.3 is 0 Å². The molecule has 0 aliphatic rings. The van der Waals surface area contributed by atoms with Crippen molar-refractivity contribution in [3.63, 3.8) is 0 Å². The minimum absolute atomic E-state index is 0.148. The largest absolute Gasteiger partial charge is 0.496 e. The summed E-state index contributed by atoms with van der Waals surface area (Å²) in [6.45, 7) is 0. The molecule has 0 amide bonds.